The molecule has 0 fully saturated rings. The van der Waals surface area contributed by atoms with E-state index in [-0.39, 0.29) is 24.5 Å². The van der Waals surface area contributed by atoms with Gasteiger partial charge in [0.2, 0.25) is 0 Å². The summed E-state index contributed by atoms with van der Waals surface area (Å²) < 4.78 is 55.8. The summed E-state index contributed by atoms with van der Waals surface area (Å²) in [7, 11) is -7.49. The molecule has 0 radical (unpaired) electrons. The fourth-order valence-corrected chi connectivity index (χ4v) is 2.50. The highest BCUT2D eigenvalue weighted by molar-refractivity contribution is 7.86. The maximum Gasteiger partial charge on any atom is 0.267 e. The minimum atomic E-state index is -3.95. The predicted octanol–water partition coefficient (Wildman–Crippen LogP) is 0.577. The molecule has 8 heteroatoms. The van der Waals surface area contributed by atoms with Gasteiger partial charge in [0.05, 0.1) is 18.1 Å². The monoisotopic (exact) mass is 272 g/mol. The molecule has 1 N–H and O–H groups in total. The lowest BCUT2D eigenvalue weighted by atomic mass is 10.3. The SMILES string of the molecule is C=CCOS(=O)(=O)CCCCCS(=O)(=O)O. The summed E-state index contributed by atoms with van der Waals surface area (Å²) in [5, 5.41) is 0. The molecule has 6 nitrogen and oxygen atoms in total. The van der Waals surface area contributed by atoms with Crippen molar-refractivity contribution in [2.24, 2.45) is 0 Å². The fourth-order valence-electron chi connectivity index (χ4n) is 0.951. The van der Waals surface area contributed by atoms with Crippen molar-refractivity contribution in [3.05, 3.63) is 12.7 Å². The second kappa shape index (κ2) is 7.00. The van der Waals surface area contributed by atoms with Crippen LogP contribution in [-0.4, -0.2) is 39.5 Å². The molecule has 0 aromatic heterocycles. The van der Waals surface area contributed by atoms with Gasteiger partial charge >= 0.3 is 0 Å². The van der Waals surface area contributed by atoms with Crippen molar-refractivity contribution in [1.29, 1.82) is 0 Å². The summed E-state index contributed by atoms with van der Waals surface area (Å²) in [6, 6.07) is 0. The van der Waals surface area contributed by atoms with Crippen LogP contribution in [0.5, 0.6) is 0 Å². The molecule has 0 aromatic carbocycles. The Balaban J connectivity index is 3.70. The highest BCUT2D eigenvalue weighted by Gasteiger charge is 2.10. The third-order valence-corrected chi connectivity index (χ3v) is 3.75. The molecule has 0 aliphatic rings. The third-order valence-electron chi connectivity index (χ3n) is 1.66. The largest absolute Gasteiger partial charge is 0.286 e. The van der Waals surface area contributed by atoms with Gasteiger partial charge in [-0.2, -0.15) is 16.8 Å². The van der Waals surface area contributed by atoms with Gasteiger partial charge in [0.25, 0.3) is 20.2 Å². The number of unbranched alkanes of at least 4 members (excludes halogenated alkanes) is 2. The summed E-state index contributed by atoms with van der Waals surface area (Å²) in [5.41, 5.74) is 0. The Labute approximate surface area is 96.2 Å². The average molecular weight is 272 g/mol. The van der Waals surface area contributed by atoms with E-state index in [1.165, 1.54) is 6.08 Å². The van der Waals surface area contributed by atoms with Gasteiger partial charge in [-0.25, -0.2) is 0 Å². The van der Waals surface area contributed by atoms with Crippen LogP contribution in [0, 0.1) is 0 Å². The Bertz CT molecular complexity index is 394. The number of rotatable bonds is 9. The van der Waals surface area contributed by atoms with Crippen LogP contribution in [0.4, 0.5) is 0 Å². The van der Waals surface area contributed by atoms with Crippen LogP contribution in [0.15, 0.2) is 12.7 Å². The molecule has 0 saturated carbocycles. The maximum atomic E-state index is 11.1. The first-order valence-corrected chi connectivity index (χ1v) is 7.88. The van der Waals surface area contributed by atoms with Crippen molar-refractivity contribution in [2.45, 2.75) is 19.3 Å². The van der Waals surface area contributed by atoms with E-state index in [1.54, 1.807) is 0 Å². The molecule has 0 saturated heterocycles. The minimum Gasteiger partial charge on any atom is -0.286 e. The molecule has 0 rings (SSSR count). The zero-order chi connectivity index (χ0) is 12.7. The first-order valence-electron chi connectivity index (χ1n) is 4.70. The second-order valence-corrected chi connectivity index (χ2v) is 6.51. The second-order valence-electron chi connectivity index (χ2n) is 3.18. The van der Waals surface area contributed by atoms with Crippen LogP contribution in [0.2, 0.25) is 0 Å². The van der Waals surface area contributed by atoms with Crippen molar-refractivity contribution >= 4 is 20.2 Å². The summed E-state index contributed by atoms with van der Waals surface area (Å²) >= 11 is 0. The summed E-state index contributed by atoms with van der Waals surface area (Å²) in [6.07, 6.45) is 2.26. The van der Waals surface area contributed by atoms with E-state index in [9.17, 15) is 16.8 Å². The highest BCUT2D eigenvalue weighted by atomic mass is 32.2. The molecule has 0 bridgehead atoms. The van der Waals surface area contributed by atoms with Gasteiger partial charge in [0.1, 0.15) is 0 Å². The minimum absolute atomic E-state index is 0.0622. The van der Waals surface area contributed by atoms with Crippen molar-refractivity contribution in [3.63, 3.8) is 0 Å². The van der Waals surface area contributed by atoms with Gasteiger partial charge in [0.15, 0.2) is 0 Å². The molecule has 16 heavy (non-hydrogen) atoms. The topological polar surface area (TPSA) is 97.7 Å². The van der Waals surface area contributed by atoms with E-state index in [0.29, 0.717) is 12.8 Å². The molecule has 0 unspecified atom stereocenters. The Morgan fingerprint density at radius 3 is 2.12 bits per heavy atom. The molecule has 0 aliphatic carbocycles. The quantitative estimate of drug-likeness (QED) is 0.285. The van der Waals surface area contributed by atoms with Crippen molar-refractivity contribution in [2.75, 3.05) is 18.1 Å². The zero-order valence-electron chi connectivity index (χ0n) is 8.83. The third kappa shape index (κ3) is 10.1. The first-order chi connectivity index (χ1) is 7.27. The van der Waals surface area contributed by atoms with Crippen LogP contribution in [0.3, 0.4) is 0 Å². The van der Waals surface area contributed by atoms with Gasteiger partial charge in [-0.3, -0.25) is 8.74 Å². The van der Waals surface area contributed by atoms with Crippen molar-refractivity contribution in [1.82, 2.24) is 0 Å². The number of hydrogen-bond acceptors (Lipinski definition) is 5. The molecule has 0 atom stereocenters. The van der Waals surface area contributed by atoms with Gasteiger partial charge in [-0.1, -0.05) is 12.5 Å². The highest BCUT2D eigenvalue weighted by Crippen LogP contribution is 2.03. The molecule has 96 valence electrons. The smallest absolute Gasteiger partial charge is 0.267 e. The fraction of sp³-hybridized carbons (Fsp3) is 0.750. The Kier molecular flexibility index (Phi) is 6.81. The molecule has 0 heterocycles. The van der Waals surface area contributed by atoms with Gasteiger partial charge < -0.3 is 0 Å². The normalized spacial score (nSPS) is 12.6. The maximum absolute atomic E-state index is 11.1. The Morgan fingerprint density at radius 2 is 1.62 bits per heavy atom. The first kappa shape index (κ1) is 15.6. The standard InChI is InChI=1S/C8H16O6S2/c1-2-6-14-16(12,13)8-5-3-4-7-15(9,10)11/h2H,1,3-8H2,(H,9,10,11). The Hall–Kier alpha value is -0.440. The van der Waals surface area contributed by atoms with Crippen LogP contribution < -0.4 is 0 Å². The van der Waals surface area contributed by atoms with E-state index in [4.69, 9.17) is 4.55 Å². The van der Waals surface area contributed by atoms with Crippen LogP contribution in [0.1, 0.15) is 19.3 Å². The van der Waals surface area contributed by atoms with E-state index in [0.717, 1.165) is 0 Å². The zero-order valence-corrected chi connectivity index (χ0v) is 10.5. The summed E-state index contributed by atoms with van der Waals surface area (Å²) in [5.74, 6) is -0.507. The number of hydrogen-bond donors (Lipinski definition) is 1. The van der Waals surface area contributed by atoms with E-state index >= 15 is 0 Å². The lowest BCUT2D eigenvalue weighted by Crippen LogP contribution is -2.11. The summed E-state index contributed by atoms with van der Waals surface area (Å²) in [4.78, 5) is 0. The molecule has 0 amide bonds. The average Bonchev–Trinajstić information content (AvgIpc) is 2.12. The van der Waals surface area contributed by atoms with Crippen LogP contribution in [0.25, 0.3) is 0 Å². The van der Waals surface area contributed by atoms with Gasteiger partial charge in [-0.05, 0) is 12.8 Å². The van der Waals surface area contributed by atoms with E-state index in [2.05, 4.69) is 10.8 Å². The Morgan fingerprint density at radius 1 is 1.06 bits per heavy atom. The van der Waals surface area contributed by atoms with E-state index in [1.807, 2.05) is 0 Å². The van der Waals surface area contributed by atoms with Crippen LogP contribution >= 0.6 is 0 Å². The predicted molar refractivity (Wildman–Crippen MR) is 60.2 cm³/mol. The lowest BCUT2D eigenvalue weighted by Gasteiger charge is -2.02. The van der Waals surface area contributed by atoms with Crippen molar-refractivity contribution in [3.8, 4) is 0 Å². The molecule has 0 aromatic rings. The molecular weight excluding hydrogens is 256 g/mol. The van der Waals surface area contributed by atoms with Gasteiger partial charge in [0, 0.05) is 0 Å². The van der Waals surface area contributed by atoms with Crippen LogP contribution in [-0.2, 0) is 24.4 Å². The van der Waals surface area contributed by atoms with Gasteiger partial charge in [-0.15, -0.1) is 6.58 Å². The van der Waals surface area contributed by atoms with Crippen molar-refractivity contribution < 1.29 is 25.6 Å². The lowest BCUT2D eigenvalue weighted by molar-refractivity contribution is 0.356. The molecular formula is C8H16O6S2. The molecule has 0 aliphatic heterocycles. The molecule has 0 spiro atoms. The van der Waals surface area contributed by atoms with E-state index < -0.39 is 20.2 Å². The summed E-state index contributed by atoms with van der Waals surface area (Å²) in [6.45, 7) is 3.25.